The van der Waals surface area contributed by atoms with E-state index in [0.717, 1.165) is 12.5 Å². The van der Waals surface area contributed by atoms with Gasteiger partial charge in [-0.15, -0.1) is 0 Å². The second kappa shape index (κ2) is 6.00. The van der Waals surface area contributed by atoms with Gasteiger partial charge < -0.3 is 15.8 Å². The van der Waals surface area contributed by atoms with Crippen LogP contribution in [-0.2, 0) is 4.74 Å². The highest BCUT2D eigenvalue weighted by Crippen LogP contribution is 2.27. The third kappa shape index (κ3) is 3.84. The molecular weight excluding hydrogens is 238 g/mol. The average molecular weight is 258 g/mol. The standard InChI is InChI=1S/C13H20F2N2O/c1-13(2,6-7-18-3)8-17-12-10(16)5-4-9(14)11(12)15/h4-5,17H,6-8,16H2,1-3H3. The van der Waals surface area contributed by atoms with Crippen molar-refractivity contribution >= 4 is 11.4 Å². The minimum Gasteiger partial charge on any atom is -0.397 e. The zero-order valence-corrected chi connectivity index (χ0v) is 11.0. The lowest BCUT2D eigenvalue weighted by Gasteiger charge is -2.25. The van der Waals surface area contributed by atoms with Crippen LogP contribution in [0, 0.1) is 17.0 Å². The summed E-state index contributed by atoms with van der Waals surface area (Å²) in [6, 6.07) is 2.37. The quantitative estimate of drug-likeness (QED) is 0.771. The van der Waals surface area contributed by atoms with E-state index < -0.39 is 11.6 Å². The second-order valence-corrected chi connectivity index (χ2v) is 5.09. The lowest BCUT2D eigenvalue weighted by atomic mass is 9.89. The van der Waals surface area contributed by atoms with Crippen molar-refractivity contribution in [1.82, 2.24) is 0 Å². The maximum Gasteiger partial charge on any atom is 0.183 e. The molecule has 3 nitrogen and oxygen atoms in total. The van der Waals surface area contributed by atoms with Gasteiger partial charge in [0.25, 0.3) is 0 Å². The molecule has 0 aliphatic rings. The number of methoxy groups -OCH3 is 1. The summed E-state index contributed by atoms with van der Waals surface area (Å²) in [6.45, 7) is 5.15. The van der Waals surface area contributed by atoms with Crippen molar-refractivity contribution in [2.45, 2.75) is 20.3 Å². The number of ether oxygens (including phenoxy) is 1. The van der Waals surface area contributed by atoms with Gasteiger partial charge in [0.1, 0.15) is 0 Å². The first-order valence-electron chi connectivity index (χ1n) is 5.83. The summed E-state index contributed by atoms with van der Waals surface area (Å²) < 4.78 is 31.6. The van der Waals surface area contributed by atoms with Crippen LogP contribution in [0.1, 0.15) is 20.3 Å². The first-order chi connectivity index (χ1) is 8.37. The Bertz CT molecular complexity index is 408. The predicted molar refractivity (Wildman–Crippen MR) is 69.5 cm³/mol. The third-order valence-electron chi connectivity index (χ3n) is 2.85. The summed E-state index contributed by atoms with van der Waals surface area (Å²) >= 11 is 0. The average Bonchev–Trinajstić information content (AvgIpc) is 2.31. The van der Waals surface area contributed by atoms with Crippen molar-refractivity contribution in [3.8, 4) is 0 Å². The fourth-order valence-corrected chi connectivity index (χ4v) is 1.54. The molecule has 1 rings (SSSR count). The molecule has 0 saturated carbocycles. The summed E-state index contributed by atoms with van der Waals surface area (Å²) in [5.41, 5.74) is 5.76. The number of hydrogen-bond donors (Lipinski definition) is 2. The van der Waals surface area contributed by atoms with Crippen LogP contribution < -0.4 is 11.1 Å². The lowest BCUT2D eigenvalue weighted by molar-refractivity contribution is 0.157. The molecule has 0 aliphatic carbocycles. The van der Waals surface area contributed by atoms with E-state index in [2.05, 4.69) is 5.32 Å². The number of anilines is 2. The number of nitrogens with two attached hydrogens (primary N) is 1. The van der Waals surface area contributed by atoms with Crippen LogP contribution in [0.4, 0.5) is 20.2 Å². The molecule has 0 aromatic heterocycles. The molecule has 0 atom stereocenters. The molecule has 0 bridgehead atoms. The fourth-order valence-electron chi connectivity index (χ4n) is 1.54. The Balaban J connectivity index is 2.71. The Labute approximate surface area is 106 Å². The molecule has 0 fully saturated rings. The molecule has 0 radical (unpaired) electrons. The van der Waals surface area contributed by atoms with Crippen molar-refractivity contribution in [2.24, 2.45) is 5.41 Å². The first kappa shape index (κ1) is 14.7. The van der Waals surface area contributed by atoms with Gasteiger partial charge in [-0.05, 0) is 24.0 Å². The maximum atomic E-state index is 13.5. The molecule has 102 valence electrons. The van der Waals surface area contributed by atoms with Gasteiger partial charge in [-0.25, -0.2) is 8.78 Å². The smallest absolute Gasteiger partial charge is 0.183 e. The second-order valence-electron chi connectivity index (χ2n) is 5.09. The largest absolute Gasteiger partial charge is 0.397 e. The van der Waals surface area contributed by atoms with E-state index in [4.69, 9.17) is 10.5 Å². The van der Waals surface area contributed by atoms with Crippen molar-refractivity contribution in [2.75, 3.05) is 31.3 Å². The number of benzene rings is 1. The molecule has 0 saturated heterocycles. The maximum absolute atomic E-state index is 13.5. The number of hydrogen-bond acceptors (Lipinski definition) is 3. The van der Waals surface area contributed by atoms with Gasteiger partial charge >= 0.3 is 0 Å². The van der Waals surface area contributed by atoms with E-state index in [9.17, 15) is 8.78 Å². The van der Waals surface area contributed by atoms with Gasteiger partial charge in [-0.1, -0.05) is 13.8 Å². The zero-order valence-electron chi connectivity index (χ0n) is 11.0. The van der Waals surface area contributed by atoms with Crippen molar-refractivity contribution < 1.29 is 13.5 Å². The number of halogens is 2. The van der Waals surface area contributed by atoms with E-state index in [-0.39, 0.29) is 16.8 Å². The van der Waals surface area contributed by atoms with Crippen LogP contribution in [0.2, 0.25) is 0 Å². The Hall–Kier alpha value is -1.36. The van der Waals surface area contributed by atoms with Crippen LogP contribution in [0.3, 0.4) is 0 Å². The minimum atomic E-state index is -0.933. The van der Waals surface area contributed by atoms with Crippen LogP contribution in [0.25, 0.3) is 0 Å². The van der Waals surface area contributed by atoms with E-state index in [1.807, 2.05) is 13.8 Å². The summed E-state index contributed by atoms with van der Waals surface area (Å²) in [5.74, 6) is -1.83. The molecule has 0 unspecified atom stereocenters. The fraction of sp³-hybridized carbons (Fsp3) is 0.538. The summed E-state index contributed by atoms with van der Waals surface area (Å²) in [6.07, 6.45) is 0.813. The topological polar surface area (TPSA) is 47.3 Å². The van der Waals surface area contributed by atoms with E-state index >= 15 is 0 Å². The number of nitrogen functional groups attached to an aromatic ring is 1. The molecule has 3 N–H and O–H groups in total. The molecule has 5 heteroatoms. The number of nitrogens with one attached hydrogen (secondary N) is 1. The van der Waals surface area contributed by atoms with Crippen molar-refractivity contribution in [3.05, 3.63) is 23.8 Å². The monoisotopic (exact) mass is 258 g/mol. The van der Waals surface area contributed by atoms with Gasteiger partial charge in [0.05, 0.1) is 11.4 Å². The summed E-state index contributed by atoms with van der Waals surface area (Å²) in [4.78, 5) is 0. The predicted octanol–water partition coefficient (Wildman–Crippen LogP) is 3.02. The van der Waals surface area contributed by atoms with Crippen LogP contribution in [-0.4, -0.2) is 20.3 Å². The van der Waals surface area contributed by atoms with E-state index in [1.54, 1.807) is 7.11 Å². The summed E-state index contributed by atoms with van der Waals surface area (Å²) in [5, 5.41) is 2.88. The van der Waals surface area contributed by atoms with Gasteiger partial charge in [0.15, 0.2) is 11.6 Å². The van der Waals surface area contributed by atoms with E-state index in [0.29, 0.717) is 13.2 Å². The highest BCUT2D eigenvalue weighted by molar-refractivity contribution is 5.66. The Kier molecular flexibility index (Phi) is 4.90. The van der Waals surface area contributed by atoms with Crippen LogP contribution in [0.15, 0.2) is 12.1 Å². The highest BCUT2D eigenvalue weighted by Gasteiger charge is 2.19. The molecular formula is C13H20F2N2O. The Morgan fingerprint density at radius 3 is 2.61 bits per heavy atom. The van der Waals surface area contributed by atoms with Gasteiger partial charge in [-0.3, -0.25) is 0 Å². The molecule has 0 spiro atoms. The van der Waals surface area contributed by atoms with Crippen LogP contribution >= 0.6 is 0 Å². The van der Waals surface area contributed by atoms with Gasteiger partial charge in [-0.2, -0.15) is 0 Å². The minimum absolute atomic E-state index is 0.0282. The first-order valence-corrected chi connectivity index (χ1v) is 5.83. The molecule has 0 amide bonds. The van der Waals surface area contributed by atoms with E-state index in [1.165, 1.54) is 6.07 Å². The third-order valence-corrected chi connectivity index (χ3v) is 2.85. The normalized spacial score (nSPS) is 11.6. The Morgan fingerprint density at radius 1 is 1.33 bits per heavy atom. The van der Waals surface area contributed by atoms with Gasteiger partial charge in [0.2, 0.25) is 0 Å². The van der Waals surface area contributed by atoms with Crippen LogP contribution in [0.5, 0.6) is 0 Å². The number of rotatable bonds is 6. The molecule has 1 aromatic carbocycles. The lowest BCUT2D eigenvalue weighted by Crippen LogP contribution is -2.25. The zero-order chi connectivity index (χ0) is 13.8. The van der Waals surface area contributed by atoms with Gasteiger partial charge in [0, 0.05) is 20.3 Å². The molecule has 18 heavy (non-hydrogen) atoms. The highest BCUT2D eigenvalue weighted by atomic mass is 19.2. The van der Waals surface area contributed by atoms with Crippen molar-refractivity contribution in [1.29, 1.82) is 0 Å². The van der Waals surface area contributed by atoms with Crippen molar-refractivity contribution in [3.63, 3.8) is 0 Å². The molecule has 1 aromatic rings. The molecule has 0 heterocycles. The Morgan fingerprint density at radius 2 is 2.00 bits per heavy atom. The summed E-state index contributed by atoms with van der Waals surface area (Å²) in [7, 11) is 1.63. The SMILES string of the molecule is COCCC(C)(C)CNc1c(N)ccc(F)c1F. The molecule has 0 aliphatic heterocycles.